The lowest BCUT2D eigenvalue weighted by molar-refractivity contribution is -0.160. The number of carbonyl (C=O) groups is 2. The van der Waals surface area contributed by atoms with Gasteiger partial charge >= 0.3 is 5.97 Å². The summed E-state index contributed by atoms with van der Waals surface area (Å²) in [5, 5.41) is 10.3. The van der Waals surface area contributed by atoms with Gasteiger partial charge in [-0.2, -0.15) is 0 Å². The smallest absolute Gasteiger partial charge is 0.326 e. The van der Waals surface area contributed by atoms with Gasteiger partial charge in [0, 0.05) is 18.5 Å². The molecule has 1 heterocycles. The van der Waals surface area contributed by atoms with Crippen LogP contribution in [0.4, 0.5) is 4.39 Å². The second kappa shape index (κ2) is 12.3. The van der Waals surface area contributed by atoms with Crippen LogP contribution < -0.4 is 9.47 Å². The van der Waals surface area contributed by atoms with Crippen molar-refractivity contribution in [3.05, 3.63) is 93.8 Å². The maximum absolute atomic E-state index is 14.0. The maximum Gasteiger partial charge on any atom is 0.326 e. The van der Waals surface area contributed by atoms with Crippen molar-refractivity contribution in [2.24, 2.45) is 0 Å². The van der Waals surface area contributed by atoms with Crippen molar-refractivity contribution in [3.63, 3.8) is 0 Å². The van der Waals surface area contributed by atoms with Crippen molar-refractivity contribution < 1.29 is 33.3 Å². The first-order valence-corrected chi connectivity index (χ1v) is 13.7. The topological polar surface area (TPSA) is 85.3 Å². The molecule has 2 atom stereocenters. The molecule has 40 heavy (non-hydrogen) atoms. The number of fused-ring (bicyclic) bond motifs is 1. The van der Waals surface area contributed by atoms with Crippen molar-refractivity contribution in [1.29, 1.82) is 0 Å². The van der Waals surface area contributed by atoms with Gasteiger partial charge in [0.15, 0.2) is 17.6 Å². The monoisotopic (exact) mass is 567 g/mol. The Hall–Kier alpha value is -3.62. The molecule has 5 rings (SSSR count). The number of carboxylic acids is 1. The van der Waals surface area contributed by atoms with Crippen molar-refractivity contribution in [2.45, 2.75) is 63.5 Å². The van der Waals surface area contributed by atoms with E-state index in [4.69, 9.17) is 25.8 Å². The third-order valence-corrected chi connectivity index (χ3v) is 7.85. The number of amides is 1. The lowest BCUT2D eigenvalue weighted by atomic mass is 9.91. The molecular formula is C31H31ClFNO6. The number of ether oxygens (including phenoxy) is 3. The van der Waals surface area contributed by atoms with Crippen LogP contribution in [0.3, 0.4) is 0 Å². The molecule has 7 nitrogen and oxygen atoms in total. The number of methoxy groups -OCH3 is 1. The zero-order valence-electron chi connectivity index (χ0n) is 22.1. The summed E-state index contributed by atoms with van der Waals surface area (Å²) >= 11 is 5.80. The SMILES string of the molecule is COc1ccc2c(c1OCc1ccc(Cl)c(F)c1)C[C@H](C(=O)O)N(C(=O)[C@@H](OC1CCCC1)c1ccccc1)C2. The van der Waals surface area contributed by atoms with E-state index in [0.29, 0.717) is 28.2 Å². The molecule has 1 fully saturated rings. The van der Waals surface area contributed by atoms with E-state index in [1.54, 1.807) is 12.1 Å². The third-order valence-electron chi connectivity index (χ3n) is 7.55. The molecule has 1 saturated carbocycles. The van der Waals surface area contributed by atoms with E-state index < -0.39 is 23.9 Å². The Labute approximate surface area is 237 Å². The van der Waals surface area contributed by atoms with Crippen LogP contribution >= 0.6 is 11.6 Å². The fourth-order valence-electron chi connectivity index (χ4n) is 5.45. The van der Waals surface area contributed by atoms with E-state index in [0.717, 1.165) is 31.2 Å². The molecule has 0 bridgehead atoms. The molecule has 0 radical (unpaired) electrons. The van der Waals surface area contributed by atoms with Gasteiger partial charge in [0.25, 0.3) is 5.91 Å². The van der Waals surface area contributed by atoms with Gasteiger partial charge in [-0.25, -0.2) is 9.18 Å². The number of aliphatic carboxylic acids is 1. The van der Waals surface area contributed by atoms with Gasteiger partial charge in [0.1, 0.15) is 18.5 Å². The Morgan fingerprint density at radius 1 is 1.10 bits per heavy atom. The Balaban J connectivity index is 1.45. The van der Waals surface area contributed by atoms with Crippen LogP contribution in [-0.2, 0) is 33.9 Å². The normalized spacial score (nSPS) is 17.8. The number of halogens is 2. The summed E-state index contributed by atoms with van der Waals surface area (Å²) in [6.07, 6.45) is 2.91. The molecule has 1 aliphatic heterocycles. The van der Waals surface area contributed by atoms with E-state index >= 15 is 0 Å². The lowest BCUT2D eigenvalue weighted by Crippen LogP contribution is -2.50. The molecule has 1 aliphatic carbocycles. The lowest BCUT2D eigenvalue weighted by Gasteiger charge is -2.37. The fraction of sp³-hybridized carbons (Fsp3) is 0.355. The number of benzene rings is 3. The summed E-state index contributed by atoms with van der Waals surface area (Å²) in [7, 11) is 1.49. The number of carboxylic acid groups (broad SMARTS) is 1. The number of hydrogen-bond acceptors (Lipinski definition) is 5. The Bertz CT molecular complexity index is 1380. The highest BCUT2D eigenvalue weighted by Gasteiger charge is 2.41. The van der Waals surface area contributed by atoms with Gasteiger partial charge in [0.2, 0.25) is 0 Å². The Morgan fingerprint density at radius 3 is 2.52 bits per heavy atom. The minimum atomic E-state index is -1.14. The van der Waals surface area contributed by atoms with E-state index in [1.165, 1.54) is 24.1 Å². The standard InChI is InChI=1S/C31H31ClFNO6/c1-38-27-14-12-21-17-34(30(35)28(20-7-3-2-4-8-20)40-22-9-5-6-10-22)26(31(36)37)16-23(21)29(27)39-18-19-11-13-24(32)25(33)15-19/h2-4,7-8,11-15,22,26,28H,5-6,9-10,16-18H2,1H3,(H,36,37)/t26-,28+/m1/s1. The van der Waals surface area contributed by atoms with Gasteiger partial charge in [0.05, 0.1) is 18.2 Å². The van der Waals surface area contributed by atoms with Gasteiger partial charge < -0.3 is 24.2 Å². The minimum absolute atomic E-state index is 0.0122. The Kier molecular flexibility index (Phi) is 8.57. The summed E-state index contributed by atoms with van der Waals surface area (Å²) in [5.74, 6) is -1.27. The molecule has 0 unspecified atom stereocenters. The molecule has 2 aliphatic rings. The number of hydrogen-bond donors (Lipinski definition) is 1. The van der Waals surface area contributed by atoms with Crippen molar-refractivity contribution in [1.82, 2.24) is 4.90 Å². The quantitative estimate of drug-likeness (QED) is 0.336. The average Bonchev–Trinajstić information content (AvgIpc) is 3.49. The summed E-state index contributed by atoms with van der Waals surface area (Å²) in [6, 6.07) is 16.0. The highest BCUT2D eigenvalue weighted by molar-refractivity contribution is 6.30. The van der Waals surface area contributed by atoms with E-state index in [1.807, 2.05) is 36.4 Å². The highest BCUT2D eigenvalue weighted by Crippen LogP contribution is 2.40. The van der Waals surface area contributed by atoms with E-state index in [2.05, 4.69) is 0 Å². The largest absolute Gasteiger partial charge is 0.493 e. The third kappa shape index (κ3) is 5.93. The molecule has 0 aromatic heterocycles. The van der Waals surface area contributed by atoms with Crippen LogP contribution in [0.25, 0.3) is 0 Å². The molecule has 0 saturated heterocycles. The number of rotatable bonds is 9. The van der Waals surface area contributed by atoms with Crippen LogP contribution in [0.15, 0.2) is 60.7 Å². The molecule has 3 aromatic carbocycles. The highest BCUT2D eigenvalue weighted by atomic mass is 35.5. The molecule has 1 N–H and O–H groups in total. The first-order valence-electron chi connectivity index (χ1n) is 13.3. The number of carbonyl (C=O) groups excluding carboxylic acids is 1. The predicted molar refractivity (Wildman–Crippen MR) is 147 cm³/mol. The van der Waals surface area contributed by atoms with Gasteiger partial charge in [-0.05, 0) is 47.7 Å². The van der Waals surface area contributed by atoms with Gasteiger partial charge in [-0.3, -0.25) is 4.79 Å². The summed E-state index contributed by atoms with van der Waals surface area (Å²) in [6.45, 7) is 0.0883. The first-order chi connectivity index (χ1) is 19.4. The second-order valence-corrected chi connectivity index (χ2v) is 10.5. The number of nitrogens with zero attached hydrogens (tertiary/aromatic N) is 1. The molecule has 3 aromatic rings. The van der Waals surface area contributed by atoms with Crippen LogP contribution in [0.2, 0.25) is 5.02 Å². The zero-order valence-corrected chi connectivity index (χ0v) is 22.9. The van der Waals surface area contributed by atoms with Crippen molar-refractivity contribution >= 4 is 23.5 Å². The van der Waals surface area contributed by atoms with Crippen LogP contribution in [0, 0.1) is 5.82 Å². The summed E-state index contributed by atoms with van der Waals surface area (Å²) < 4.78 is 31.9. The minimum Gasteiger partial charge on any atom is -0.493 e. The molecule has 9 heteroatoms. The second-order valence-electron chi connectivity index (χ2n) is 10.1. The van der Waals surface area contributed by atoms with Crippen LogP contribution in [-0.4, -0.2) is 41.1 Å². The van der Waals surface area contributed by atoms with Crippen molar-refractivity contribution in [2.75, 3.05) is 7.11 Å². The fourth-order valence-corrected chi connectivity index (χ4v) is 5.56. The molecule has 1 amide bonds. The summed E-state index contributed by atoms with van der Waals surface area (Å²) in [5.41, 5.74) is 2.64. The average molecular weight is 568 g/mol. The summed E-state index contributed by atoms with van der Waals surface area (Å²) in [4.78, 5) is 28.0. The van der Waals surface area contributed by atoms with Gasteiger partial charge in [-0.1, -0.05) is 66.9 Å². The van der Waals surface area contributed by atoms with E-state index in [-0.39, 0.29) is 36.6 Å². The Morgan fingerprint density at radius 2 is 1.85 bits per heavy atom. The first kappa shape index (κ1) is 27.9. The zero-order chi connectivity index (χ0) is 28.2. The molecular weight excluding hydrogens is 537 g/mol. The van der Waals surface area contributed by atoms with Gasteiger partial charge in [-0.15, -0.1) is 0 Å². The molecule has 210 valence electrons. The van der Waals surface area contributed by atoms with Crippen LogP contribution in [0.5, 0.6) is 11.5 Å². The maximum atomic E-state index is 14.0. The van der Waals surface area contributed by atoms with Crippen LogP contribution in [0.1, 0.15) is 54.0 Å². The molecule has 0 spiro atoms. The van der Waals surface area contributed by atoms with Crippen molar-refractivity contribution in [3.8, 4) is 11.5 Å². The van der Waals surface area contributed by atoms with E-state index in [9.17, 15) is 19.1 Å². The predicted octanol–water partition coefficient (Wildman–Crippen LogP) is 6.11.